The molecule has 0 spiro atoms. The summed E-state index contributed by atoms with van der Waals surface area (Å²) in [6.07, 6.45) is 5.04. The first-order valence-corrected chi connectivity index (χ1v) is 7.55. The Balaban J connectivity index is 1.92. The van der Waals surface area contributed by atoms with E-state index < -0.39 is 0 Å². The van der Waals surface area contributed by atoms with E-state index in [-0.39, 0.29) is 11.9 Å². The van der Waals surface area contributed by atoms with Crippen LogP contribution in [-0.4, -0.2) is 22.3 Å². The Kier molecular flexibility index (Phi) is 4.00. The molecule has 108 valence electrons. The maximum atomic E-state index is 12.8. The number of benzene rings is 1. The van der Waals surface area contributed by atoms with Crippen molar-refractivity contribution in [3.8, 4) is 0 Å². The van der Waals surface area contributed by atoms with Crippen LogP contribution in [0.15, 0.2) is 48.7 Å². The fourth-order valence-corrected chi connectivity index (χ4v) is 3.05. The van der Waals surface area contributed by atoms with Crippen LogP contribution in [0.3, 0.4) is 0 Å². The Morgan fingerprint density at radius 3 is 2.71 bits per heavy atom. The number of aryl methyl sites for hydroxylation is 1. The minimum absolute atomic E-state index is 0.104. The Morgan fingerprint density at radius 1 is 1.14 bits per heavy atom. The van der Waals surface area contributed by atoms with Crippen LogP contribution in [0, 0.1) is 6.92 Å². The summed E-state index contributed by atoms with van der Waals surface area (Å²) < 4.78 is 0. The number of rotatable bonds is 2. The van der Waals surface area contributed by atoms with E-state index >= 15 is 0 Å². The zero-order valence-electron chi connectivity index (χ0n) is 12.3. The molecular formula is C18H20N2O. The second-order valence-electron chi connectivity index (χ2n) is 5.58. The van der Waals surface area contributed by atoms with Crippen LogP contribution in [-0.2, 0) is 0 Å². The maximum Gasteiger partial charge on any atom is 0.254 e. The van der Waals surface area contributed by atoms with E-state index in [1.165, 1.54) is 0 Å². The van der Waals surface area contributed by atoms with Gasteiger partial charge in [-0.1, -0.05) is 24.3 Å². The minimum atomic E-state index is 0.104. The molecule has 3 heteroatoms. The number of piperidine rings is 1. The smallest absolute Gasteiger partial charge is 0.254 e. The molecule has 1 aliphatic heterocycles. The van der Waals surface area contributed by atoms with Crippen LogP contribution in [0.1, 0.15) is 46.9 Å². The zero-order chi connectivity index (χ0) is 14.7. The second-order valence-corrected chi connectivity index (χ2v) is 5.58. The fourth-order valence-electron chi connectivity index (χ4n) is 3.05. The molecular weight excluding hydrogens is 260 g/mol. The van der Waals surface area contributed by atoms with Gasteiger partial charge < -0.3 is 4.90 Å². The Morgan fingerprint density at radius 2 is 1.95 bits per heavy atom. The maximum absolute atomic E-state index is 12.8. The number of carbonyl (C=O) groups is 1. The van der Waals surface area contributed by atoms with Gasteiger partial charge in [-0.25, -0.2) is 0 Å². The van der Waals surface area contributed by atoms with Gasteiger partial charge in [0.25, 0.3) is 5.91 Å². The summed E-state index contributed by atoms with van der Waals surface area (Å²) in [5.74, 6) is 0.116. The summed E-state index contributed by atoms with van der Waals surface area (Å²) in [4.78, 5) is 19.3. The normalized spacial score (nSPS) is 18.5. The monoisotopic (exact) mass is 280 g/mol. The molecule has 3 rings (SSSR count). The highest BCUT2D eigenvalue weighted by atomic mass is 16.2. The van der Waals surface area contributed by atoms with Crippen molar-refractivity contribution in [2.75, 3.05) is 6.54 Å². The van der Waals surface area contributed by atoms with Gasteiger partial charge in [0.05, 0.1) is 11.7 Å². The molecule has 21 heavy (non-hydrogen) atoms. The predicted molar refractivity (Wildman–Crippen MR) is 83.0 cm³/mol. The molecule has 1 aromatic carbocycles. The third-order valence-corrected chi connectivity index (χ3v) is 4.15. The van der Waals surface area contributed by atoms with E-state index in [0.717, 1.165) is 42.6 Å². The van der Waals surface area contributed by atoms with Gasteiger partial charge in [-0.3, -0.25) is 9.78 Å². The number of nitrogens with zero attached hydrogens (tertiary/aromatic N) is 2. The Bertz CT molecular complexity index is 624. The average Bonchev–Trinajstić information content (AvgIpc) is 2.55. The molecule has 1 atom stereocenters. The number of hydrogen-bond donors (Lipinski definition) is 0. The molecule has 0 N–H and O–H groups in total. The predicted octanol–water partition coefficient (Wildman–Crippen LogP) is 3.76. The first kappa shape index (κ1) is 13.8. The van der Waals surface area contributed by atoms with Crippen molar-refractivity contribution in [3.63, 3.8) is 0 Å². The second kappa shape index (κ2) is 6.08. The highest BCUT2D eigenvalue weighted by Gasteiger charge is 2.30. The highest BCUT2D eigenvalue weighted by Crippen LogP contribution is 2.32. The molecule has 1 saturated heterocycles. The largest absolute Gasteiger partial charge is 0.330 e. The van der Waals surface area contributed by atoms with Crippen molar-refractivity contribution < 1.29 is 4.79 Å². The van der Waals surface area contributed by atoms with E-state index in [1.54, 1.807) is 0 Å². The molecule has 1 fully saturated rings. The number of likely N-dealkylation sites (tertiary alicyclic amines) is 1. The Labute approximate surface area is 125 Å². The van der Waals surface area contributed by atoms with Crippen molar-refractivity contribution >= 4 is 5.91 Å². The van der Waals surface area contributed by atoms with Crippen molar-refractivity contribution in [3.05, 3.63) is 65.5 Å². The molecule has 0 aliphatic carbocycles. The molecule has 2 heterocycles. The van der Waals surface area contributed by atoms with Gasteiger partial charge in [-0.15, -0.1) is 0 Å². The van der Waals surface area contributed by atoms with E-state index in [9.17, 15) is 4.79 Å². The topological polar surface area (TPSA) is 33.2 Å². The lowest BCUT2D eigenvalue weighted by Crippen LogP contribution is -2.39. The SMILES string of the molecule is Cc1cccnc1[C@@H]1CCCCN1C(=O)c1ccccc1. The van der Waals surface area contributed by atoms with Crippen LogP contribution in [0.4, 0.5) is 0 Å². The van der Waals surface area contributed by atoms with Crippen molar-refractivity contribution in [2.24, 2.45) is 0 Å². The number of aromatic nitrogens is 1. The number of amides is 1. The van der Waals surface area contributed by atoms with E-state index in [4.69, 9.17) is 0 Å². The summed E-state index contributed by atoms with van der Waals surface area (Å²) in [5, 5.41) is 0. The molecule has 1 amide bonds. The first-order chi connectivity index (χ1) is 10.3. The summed E-state index contributed by atoms with van der Waals surface area (Å²) in [5.41, 5.74) is 2.97. The molecule has 1 aliphatic rings. The van der Waals surface area contributed by atoms with Crippen LogP contribution in [0.2, 0.25) is 0 Å². The first-order valence-electron chi connectivity index (χ1n) is 7.55. The number of hydrogen-bond acceptors (Lipinski definition) is 2. The van der Waals surface area contributed by atoms with Gasteiger partial charge in [0.2, 0.25) is 0 Å². The summed E-state index contributed by atoms with van der Waals surface area (Å²) in [7, 11) is 0. The van der Waals surface area contributed by atoms with Crippen LogP contribution >= 0.6 is 0 Å². The van der Waals surface area contributed by atoms with Crippen molar-refractivity contribution in [2.45, 2.75) is 32.2 Å². The standard InChI is InChI=1S/C18H20N2O/c1-14-8-7-12-19-17(14)16-11-5-6-13-20(16)18(21)15-9-3-2-4-10-15/h2-4,7-10,12,16H,5-6,11,13H2,1H3/t16-/m0/s1. The zero-order valence-corrected chi connectivity index (χ0v) is 12.3. The van der Waals surface area contributed by atoms with Crippen molar-refractivity contribution in [1.82, 2.24) is 9.88 Å². The van der Waals surface area contributed by atoms with Crippen LogP contribution in [0.25, 0.3) is 0 Å². The van der Waals surface area contributed by atoms with Gasteiger partial charge in [-0.05, 0) is 49.9 Å². The summed E-state index contributed by atoms with van der Waals surface area (Å²) in [6, 6.07) is 13.7. The lowest BCUT2D eigenvalue weighted by molar-refractivity contribution is 0.0605. The average molecular weight is 280 g/mol. The number of pyridine rings is 1. The molecule has 2 aromatic rings. The molecule has 0 bridgehead atoms. The fraction of sp³-hybridized carbons (Fsp3) is 0.333. The van der Waals surface area contributed by atoms with E-state index in [0.29, 0.717) is 0 Å². The highest BCUT2D eigenvalue weighted by molar-refractivity contribution is 5.94. The quantitative estimate of drug-likeness (QED) is 0.839. The summed E-state index contributed by atoms with van der Waals surface area (Å²) in [6.45, 7) is 2.89. The lowest BCUT2D eigenvalue weighted by Gasteiger charge is -2.36. The molecule has 1 aromatic heterocycles. The van der Waals surface area contributed by atoms with Gasteiger partial charge >= 0.3 is 0 Å². The van der Waals surface area contributed by atoms with Crippen molar-refractivity contribution in [1.29, 1.82) is 0 Å². The minimum Gasteiger partial charge on any atom is -0.330 e. The molecule has 0 unspecified atom stereocenters. The number of carbonyl (C=O) groups excluding carboxylic acids is 1. The van der Waals surface area contributed by atoms with E-state index in [1.807, 2.05) is 47.5 Å². The van der Waals surface area contributed by atoms with Gasteiger partial charge in [0.1, 0.15) is 0 Å². The van der Waals surface area contributed by atoms with Crippen LogP contribution in [0.5, 0.6) is 0 Å². The molecule has 0 radical (unpaired) electrons. The Hall–Kier alpha value is -2.16. The third kappa shape index (κ3) is 2.82. The third-order valence-electron chi connectivity index (χ3n) is 4.15. The molecule has 3 nitrogen and oxygen atoms in total. The van der Waals surface area contributed by atoms with E-state index in [2.05, 4.69) is 18.0 Å². The lowest BCUT2D eigenvalue weighted by atomic mass is 9.95. The molecule has 0 saturated carbocycles. The van der Waals surface area contributed by atoms with Crippen LogP contribution < -0.4 is 0 Å². The van der Waals surface area contributed by atoms with Gasteiger partial charge in [0, 0.05) is 18.3 Å². The van der Waals surface area contributed by atoms with Gasteiger partial charge in [0.15, 0.2) is 0 Å². The summed E-state index contributed by atoms with van der Waals surface area (Å²) >= 11 is 0. The van der Waals surface area contributed by atoms with Gasteiger partial charge in [-0.2, -0.15) is 0 Å².